The molecule has 0 aromatic carbocycles. The number of rotatable bonds is 6. The first kappa shape index (κ1) is 12.7. The van der Waals surface area contributed by atoms with Crippen LogP contribution in [0.25, 0.3) is 8.10 Å². The van der Waals surface area contributed by atoms with Crippen molar-refractivity contribution in [2.24, 2.45) is 0 Å². The van der Waals surface area contributed by atoms with Gasteiger partial charge in [0.05, 0.1) is 0 Å². The average molecular weight is 348 g/mol. The van der Waals surface area contributed by atoms with Gasteiger partial charge in [0, 0.05) is 0 Å². The molecule has 0 unspecified atom stereocenters. The van der Waals surface area contributed by atoms with E-state index in [1.54, 1.807) is 13.7 Å². The fourth-order valence-electron chi connectivity index (χ4n) is 2.09. The predicted octanol–water partition coefficient (Wildman–Crippen LogP) is 4.64. The molecule has 16 heavy (non-hydrogen) atoms. The van der Waals surface area contributed by atoms with Gasteiger partial charge in [-0.3, -0.25) is 0 Å². The van der Waals surface area contributed by atoms with E-state index in [2.05, 4.69) is 25.3 Å². The Kier molecular flexibility index (Phi) is 4.95. The molecular formula is C14H20STe. The first-order chi connectivity index (χ1) is 7.86. The average Bonchev–Trinajstić information content (AvgIpc) is 2.84. The molecule has 0 radical (unpaired) electrons. The van der Waals surface area contributed by atoms with Gasteiger partial charge in [0.25, 0.3) is 0 Å². The van der Waals surface area contributed by atoms with Crippen molar-refractivity contribution in [3.8, 4) is 0 Å². The Morgan fingerprint density at radius 1 is 1.12 bits per heavy atom. The molecule has 0 atom stereocenters. The Morgan fingerprint density at radius 3 is 2.62 bits per heavy atom. The third-order valence-electron chi connectivity index (χ3n) is 3.05. The first-order valence-corrected chi connectivity index (χ1v) is 9.55. The molecule has 88 valence electrons. The van der Waals surface area contributed by atoms with Gasteiger partial charge < -0.3 is 0 Å². The third-order valence-corrected chi connectivity index (χ3v) is 8.28. The molecule has 2 aromatic heterocycles. The molecule has 2 aromatic rings. The van der Waals surface area contributed by atoms with E-state index in [0.717, 1.165) is 0 Å². The maximum absolute atomic E-state index is 2.37. The summed E-state index contributed by atoms with van der Waals surface area (Å²) in [5.74, 6) is 0. The summed E-state index contributed by atoms with van der Waals surface area (Å²) in [7, 11) is 0. The second-order valence-corrected chi connectivity index (χ2v) is 9.21. The summed E-state index contributed by atoms with van der Waals surface area (Å²) < 4.78 is 3.63. The number of aryl methyl sites for hydroxylation is 2. The van der Waals surface area contributed by atoms with Crippen molar-refractivity contribution in [3.63, 3.8) is 0 Å². The summed E-state index contributed by atoms with van der Waals surface area (Å²) in [6.45, 7) is 4.60. The molecule has 0 aliphatic carbocycles. The van der Waals surface area contributed by atoms with Gasteiger partial charge in [-0.1, -0.05) is 0 Å². The van der Waals surface area contributed by atoms with E-state index in [1.807, 2.05) is 14.9 Å². The van der Waals surface area contributed by atoms with Crippen molar-refractivity contribution in [3.05, 3.63) is 20.6 Å². The van der Waals surface area contributed by atoms with Crippen LogP contribution in [0.2, 0.25) is 0 Å². The molecular weight excluding hydrogens is 328 g/mol. The predicted molar refractivity (Wildman–Crippen MR) is 76.0 cm³/mol. The van der Waals surface area contributed by atoms with E-state index in [0.29, 0.717) is 0 Å². The van der Waals surface area contributed by atoms with Crippen LogP contribution < -0.4 is 0 Å². The number of fused-ring (bicyclic) bond motifs is 1. The number of hydrogen-bond donors (Lipinski definition) is 0. The zero-order chi connectivity index (χ0) is 11.4. The molecule has 0 saturated carbocycles. The molecule has 2 rings (SSSR count). The Labute approximate surface area is 112 Å². The Bertz CT molecular complexity index is 438. The van der Waals surface area contributed by atoms with Gasteiger partial charge in [-0.2, -0.15) is 0 Å². The third kappa shape index (κ3) is 2.73. The zero-order valence-corrected chi connectivity index (χ0v) is 13.4. The van der Waals surface area contributed by atoms with Crippen LogP contribution in [0.4, 0.5) is 0 Å². The molecule has 0 spiro atoms. The quantitative estimate of drug-likeness (QED) is 0.667. The zero-order valence-electron chi connectivity index (χ0n) is 10.2. The first-order valence-electron chi connectivity index (χ1n) is 6.34. The second kappa shape index (κ2) is 6.24. The summed E-state index contributed by atoms with van der Waals surface area (Å²) in [6, 6.07) is 2.37. The Hall–Kier alpha value is 0.230. The van der Waals surface area contributed by atoms with Crippen molar-refractivity contribution in [2.75, 3.05) is 0 Å². The molecule has 2 heteroatoms. The standard InChI is InChI=1S/C14H20STe/c1-3-5-7-11-12-9-10-15-14(12)16-13(11)8-6-4-2/h9-10H,3-8H2,1-2H3. The molecule has 0 aliphatic heterocycles. The fourth-order valence-corrected chi connectivity index (χ4v) is 7.50. The van der Waals surface area contributed by atoms with Crippen LogP contribution >= 0.6 is 11.3 Å². The Morgan fingerprint density at radius 2 is 1.88 bits per heavy atom. The van der Waals surface area contributed by atoms with Crippen LogP contribution in [-0.4, -0.2) is 20.4 Å². The van der Waals surface area contributed by atoms with Gasteiger partial charge in [0.1, 0.15) is 0 Å². The summed E-state index contributed by atoms with van der Waals surface area (Å²) in [5, 5.41) is 3.93. The van der Waals surface area contributed by atoms with Gasteiger partial charge >= 0.3 is 113 Å². The molecule has 0 N–H and O–H groups in total. The van der Waals surface area contributed by atoms with E-state index >= 15 is 0 Å². The molecule has 0 aliphatic rings. The number of unbranched alkanes of at least 4 members (excludes halogenated alkanes) is 2. The molecule has 2 heterocycles. The van der Waals surface area contributed by atoms with Crippen LogP contribution in [0.15, 0.2) is 11.4 Å². The van der Waals surface area contributed by atoms with Crippen molar-refractivity contribution in [1.29, 1.82) is 0 Å². The van der Waals surface area contributed by atoms with Crippen LogP contribution in [0.3, 0.4) is 0 Å². The summed E-state index contributed by atoms with van der Waals surface area (Å²) in [4.78, 5) is 0. The van der Waals surface area contributed by atoms with Gasteiger partial charge in [0.2, 0.25) is 0 Å². The minimum atomic E-state index is 0.0338. The van der Waals surface area contributed by atoms with Crippen LogP contribution in [0.5, 0.6) is 0 Å². The summed E-state index contributed by atoms with van der Waals surface area (Å²) >= 11 is 2.04. The SMILES string of the molecule is CCCCc1[te]c2sccc2c1CCCC. The maximum atomic E-state index is 2.37. The fraction of sp³-hybridized carbons (Fsp3) is 0.571. The van der Waals surface area contributed by atoms with Crippen molar-refractivity contribution < 1.29 is 0 Å². The van der Waals surface area contributed by atoms with Crippen molar-refractivity contribution in [1.82, 2.24) is 0 Å². The summed E-state index contributed by atoms with van der Waals surface area (Å²) in [5.41, 5.74) is 1.76. The van der Waals surface area contributed by atoms with E-state index in [1.165, 1.54) is 38.5 Å². The van der Waals surface area contributed by atoms with Crippen LogP contribution in [0.1, 0.15) is 48.7 Å². The van der Waals surface area contributed by atoms with Crippen molar-refractivity contribution >= 4 is 39.9 Å². The molecule has 0 nitrogen and oxygen atoms in total. The van der Waals surface area contributed by atoms with Gasteiger partial charge in [-0.25, -0.2) is 0 Å². The topological polar surface area (TPSA) is 0 Å². The van der Waals surface area contributed by atoms with Gasteiger partial charge in [-0.15, -0.1) is 0 Å². The normalized spacial score (nSPS) is 11.4. The van der Waals surface area contributed by atoms with Crippen LogP contribution in [0, 0.1) is 0 Å². The van der Waals surface area contributed by atoms with E-state index in [4.69, 9.17) is 0 Å². The van der Waals surface area contributed by atoms with Crippen LogP contribution in [-0.2, 0) is 12.8 Å². The molecule has 0 saturated heterocycles. The van der Waals surface area contributed by atoms with Gasteiger partial charge in [-0.05, 0) is 0 Å². The molecule has 0 amide bonds. The second-order valence-electron chi connectivity index (χ2n) is 4.33. The number of thiophene rings is 1. The Balaban J connectivity index is 2.26. The van der Waals surface area contributed by atoms with E-state index in [9.17, 15) is 0 Å². The van der Waals surface area contributed by atoms with E-state index < -0.39 is 0 Å². The van der Waals surface area contributed by atoms with Gasteiger partial charge in [0.15, 0.2) is 0 Å². The molecule has 0 fully saturated rings. The molecule has 0 bridgehead atoms. The number of hydrogen-bond acceptors (Lipinski definition) is 1. The minimum absolute atomic E-state index is 0.0338. The monoisotopic (exact) mass is 350 g/mol. The van der Waals surface area contributed by atoms with E-state index in [-0.39, 0.29) is 20.4 Å². The summed E-state index contributed by atoms with van der Waals surface area (Å²) in [6.07, 6.45) is 8.15. The van der Waals surface area contributed by atoms with Crippen molar-refractivity contribution in [2.45, 2.75) is 52.4 Å².